The zero-order valence-electron chi connectivity index (χ0n) is 14.6. The Morgan fingerprint density at radius 1 is 1.25 bits per heavy atom. The van der Waals surface area contributed by atoms with Crippen LogP contribution in [0.3, 0.4) is 0 Å². The predicted molar refractivity (Wildman–Crippen MR) is 91.5 cm³/mol. The summed E-state index contributed by atoms with van der Waals surface area (Å²) in [6.07, 6.45) is 1.48. The standard InChI is InChI=1S/C17H26N4O3/c1-17(2,3)24-16(22)21-11-14(12-21)23-13-4-5-15(19-10-13)20-8-6-18-7-9-20/h4-5,10,14,18H,6-9,11-12H2,1-3H3. The molecule has 0 atom stereocenters. The number of carbonyl (C=O) groups is 1. The maximum atomic E-state index is 11.9. The number of likely N-dealkylation sites (tertiary alicyclic amines) is 1. The first kappa shape index (κ1) is 16.8. The number of nitrogens with one attached hydrogen (secondary N) is 1. The Kier molecular flexibility index (Phi) is 4.80. The molecule has 7 heteroatoms. The number of piperazine rings is 1. The van der Waals surface area contributed by atoms with Gasteiger partial charge in [0.25, 0.3) is 0 Å². The summed E-state index contributed by atoms with van der Waals surface area (Å²) >= 11 is 0. The van der Waals surface area contributed by atoms with Gasteiger partial charge in [0.15, 0.2) is 0 Å². The molecular weight excluding hydrogens is 308 g/mol. The Morgan fingerprint density at radius 3 is 2.54 bits per heavy atom. The number of hydrogen-bond acceptors (Lipinski definition) is 6. The van der Waals surface area contributed by atoms with Gasteiger partial charge in [-0.2, -0.15) is 0 Å². The Balaban J connectivity index is 1.45. The molecule has 1 amide bonds. The third-order valence-electron chi connectivity index (χ3n) is 3.96. The molecule has 0 aliphatic carbocycles. The fourth-order valence-corrected chi connectivity index (χ4v) is 2.70. The van der Waals surface area contributed by atoms with Crippen molar-refractivity contribution in [3.8, 4) is 5.75 Å². The van der Waals surface area contributed by atoms with Crippen LogP contribution in [0.5, 0.6) is 5.75 Å². The molecule has 2 aliphatic heterocycles. The summed E-state index contributed by atoms with van der Waals surface area (Å²) < 4.78 is 11.2. The van der Waals surface area contributed by atoms with Crippen molar-refractivity contribution in [3.05, 3.63) is 18.3 Å². The number of amides is 1. The van der Waals surface area contributed by atoms with E-state index in [1.54, 1.807) is 11.1 Å². The van der Waals surface area contributed by atoms with E-state index >= 15 is 0 Å². The Bertz CT molecular complexity index is 558. The van der Waals surface area contributed by atoms with Crippen molar-refractivity contribution in [1.82, 2.24) is 15.2 Å². The van der Waals surface area contributed by atoms with Gasteiger partial charge < -0.3 is 24.6 Å². The third-order valence-corrected chi connectivity index (χ3v) is 3.96. The number of pyridine rings is 1. The van der Waals surface area contributed by atoms with E-state index in [0.717, 1.165) is 37.7 Å². The minimum atomic E-state index is -0.466. The van der Waals surface area contributed by atoms with Crippen molar-refractivity contribution in [2.24, 2.45) is 0 Å². The lowest BCUT2D eigenvalue weighted by atomic mass is 10.1. The number of aromatic nitrogens is 1. The molecule has 0 radical (unpaired) electrons. The average Bonchev–Trinajstić information content (AvgIpc) is 2.50. The summed E-state index contributed by atoms with van der Waals surface area (Å²) in [5.74, 6) is 1.72. The molecule has 7 nitrogen and oxygen atoms in total. The van der Waals surface area contributed by atoms with Gasteiger partial charge in [0.2, 0.25) is 0 Å². The second-order valence-electron chi connectivity index (χ2n) is 7.21. The van der Waals surface area contributed by atoms with Crippen LogP contribution in [-0.2, 0) is 4.74 Å². The quantitative estimate of drug-likeness (QED) is 0.903. The molecule has 0 bridgehead atoms. The van der Waals surface area contributed by atoms with E-state index in [1.807, 2.05) is 32.9 Å². The molecule has 2 fully saturated rings. The fourth-order valence-electron chi connectivity index (χ4n) is 2.70. The molecule has 2 saturated heterocycles. The van der Waals surface area contributed by atoms with Gasteiger partial charge >= 0.3 is 6.09 Å². The van der Waals surface area contributed by atoms with Crippen LogP contribution in [0.4, 0.5) is 10.6 Å². The molecule has 2 aliphatic rings. The molecule has 0 spiro atoms. The lowest BCUT2D eigenvalue weighted by Crippen LogP contribution is -2.57. The average molecular weight is 334 g/mol. The van der Waals surface area contributed by atoms with Crippen LogP contribution in [0.25, 0.3) is 0 Å². The van der Waals surface area contributed by atoms with Gasteiger partial charge in [0, 0.05) is 26.2 Å². The number of rotatable bonds is 3. The first-order chi connectivity index (χ1) is 11.4. The number of anilines is 1. The molecule has 1 aromatic heterocycles. The fraction of sp³-hybridized carbons (Fsp3) is 0.647. The van der Waals surface area contributed by atoms with Gasteiger partial charge in [0.05, 0.1) is 19.3 Å². The number of hydrogen-bond donors (Lipinski definition) is 1. The third kappa shape index (κ3) is 4.29. The molecule has 0 saturated carbocycles. The molecule has 3 heterocycles. The largest absolute Gasteiger partial charge is 0.485 e. The summed E-state index contributed by atoms with van der Waals surface area (Å²) in [6.45, 7) is 10.6. The zero-order chi connectivity index (χ0) is 17.2. The minimum Gasteiger partial charge on any atom is -0.485 e. The van der Waals surface area contributed by atoms with Crippen LogP contribution >= 0.6 is 0 Å². The number of carbonyl (C=O) groups excluding carboxylic acids is 1. The van der Waals surface area contributed by atoms with Crippen molar-refractivity contribution in [3.63, 3.8) is 0 Å². The molecule has 3 rings (SSSR count). The summed E-state index contributed by atoms with van der Waals surface area (Å²) in [5.41, 5.74) is -0.466. The first-order valence-electron chi connectivity index (χ1n) is 8.47. The van der Waals surface area contributed by atoms with Gasteiger partial charge in [-0.3, -0.25) is 0 Å². The van der Waals surface area contributed by atoms with Crippen LogP contribution in [0.15, 0.2) is 18.3 Å². The van der Waals surface area contributed by atoms with Crippen molar-refractivity contribution < 1.29 is 14.3 Å². The van der Waals surface area contributed by atoms with E-state index < -0.39 is 5.60 Å². The number of nitrogens with zero attached hydrogens (tertiary/aromatic N) is 3. The Hall–Kier alpha value is -2.02. The number of ether oxygens (including phenoxy) is 2. The van der Waals surface area contributed by atoms with E-state index in [0.29, 0.717) is 13.1 Å². The van der Waals surface area contributed by atoms with Crippen LogP contribution in [-0.4, -0.2) is 67.0 Å². The molecule has 0 aromatic carbocycles. The van der Waals surface area contributed by atoms with Crippen LogP contribution in [0.2, 0.25) is 0 Å². The van der Waals surface area contributed by atoms with Crippen LogP contribution < -0.4 is 15.0 Å². The molecule has 24 heavy (non-hydrogen) atoms. The van der Waals surface area contributed by atoms with E-state index in [1.165, 1.54) is 0 Å². The molecular formula is C17H26N4O3. The summed E-state index contributed by atoms with van der Waals surface area (Å²) in [5, 5.41) is 3.33. The van der Waals surface area contributed by atoms with E-state index in [4.69, 9.17) is 9.47 Å². The smallest absolute Gasteiger partial charge is 0.410 e. The monoisotopic (exact) mass is 334 g/mol. The Labute approximate surface area is 142 Å². The Morgan fingerprint density at radius 2 is 1.96 bits per heavy atom. The normalized spacial score (nSPS) is 19.0. The first-order valence-corrected chi connectivity index (χ1v) is 8.47. The lowest BCUT2D eigenvalue weighted by Gasteiger charge is -2.39. The van der Waals surface area contributed by atoms with Gasteiger partial charge in [-0.05, 0) is 32.9 Å². The summed E-state index contributed by atoms with van der Waals surface area (Å²) in [6, 6.07) is 3.94. The summed E-state index contributed by atoms with van der Waals surface area (Å²) in [7, 11) is 0. The minimum absolute atomic E-state index is 0.00403. The molecule has 132 valence electrons. The maximum Gasteiger partial charge on any atom is 0.410 e. The van der Waals surface area contributed by atoms with Crippen molar-refractivity contribution in [1.29, 1.82) is 0 Å². The van der Waals surface area contributed by atoms with E-state index in [9.17, 15) is 4.79 Å². The molecule has 0 unspecified atom stereocenters. The van der Waals surface area contributed by atoms with Crippen molar-refractivity contribution in [2.45, 2.75) is 32.5 Å². The highest BCUT2D eigenvalue weighted by Crippen LogP contribution is 2.21. The zero-order valence-corrected chi connectivity index (χ0v) is 14.6. The SMILES string of the molecule is CC(C)(C)OC(=O)N1CC(Oc2ccc(N3CCNCC3)nc2)C1. The highest BCUT2D eigenvalue weighted by molar-refractivity contribution is 5.69. The maximum absolute atomic E-state index is 11.9. The van der Waals surface area contributed by atoms with E-state index in [-0.39, 0.29) is 12.2 Å². The summed E-state index contributed by atoms with van der Waals surface area (Å²) in [4.78, 5) is 20.3. The van der Waals surface area contributed by atoms with Gasteiger partial charge in [0.1, 0.15) is 23.3 Å². The van der Waals surface area contributed by atoms with Gasteiger partial charge in [-0.1, -0.05) is 0 Å². The van der Waals surface area contributed by atoms with Gasteiger partial charge in [-0.25, -0.2) is 9.78 Å². The van der Waals surface area contributed by atoms with E-state index in [2.05, 4.69) is 15.2 Å². The second kappa shape index (κ2) is 6.84. The van der Waals surface area contributed by atoms with Crippen molar-refractivity contribution >= 4 is 11.9 Å². The molecule has 1 aromatic rings. The van der Waals surface area contributed by atoms with Crippen LogP contribution in [0.1, 0.15) is 20.8 Å². The van der Waals surface area contributed by atoms with Crippen LogP contribution in [0, 0.1) is 0 Å². The topological polar surface area (TPSA) is 66.9 Å². The highest BCUT2D eigenvalue weighted by atomic mass is 16.6. The van der Waals surface area contributed by atoms with Gasteiger partial charge in [-0.15, -0.1) is 0 Å². The highest BCUT2D eigenvalue weighted by Gasteiger charge is 2.35. The second-order valence-corrected chi connectivity index (χ2v) is 7.21. The van der Waals surface area contributed by atoms with Crippen molar-refractivity contribution in [2.75, 3.05) is 44.2 Å². The molecule has 1 N–H and O–H groups in total. The predicted octanol–water partition coefficient (Wildman–Crippen LogP) is 1.49. The lowest BCUT2D eigenvalue weighted by molar-refractivity contribution is -0.0222.